The molecule has 2 heteroatoms. The summed E-state index contributed by atoms with van der Waals surface area (Å²) in [5.41, 5.74) is 6.12. The van der Waals surface area contributed by atoms with Crippen LogP contribution in [0.1, 0.15) is 64.5 Å². The Labute approximate surface area is 188 Å². The third-order valence-electron chi connectivity index (χ3n) is 5.71. The summed E-state index contributed by atoms with van der Waals surface area (Å²) >= 11 is 0. The highest BCUT2D eigenvalue weighted by molar-refractivity contribution is 5.83. The normalized spacial score (nSPS) is 12.0. The van der Waals surface area contributed by atoms with Crippen LogP contribution in [-0.4, -0.2) is 13.2 Å². The number of hydrogen-bond donors (Lipinski definition) is 0. The van der Waals surface area contributed by atoms with Gasteiger partial charge in [-0.2, -0.15) is 0 Å². The van der Waals surface area contributed by atoms with E-state index in [4.69, 9.17) is 9.47 Å². The van der Waals surface area contributed by atoms with Crippen LogP contribution in [0.5, 0.6) is 5.75 Å². The maximum absolute atomic E-state index is 6.07. The highest BCUT2D eigenvalue weighted by Gasteiger charge is 2.10. The Hall–Kier alpha value is -2.58. The van der Waals surface area contributed by atoms with Crippen molar-refractivity contribution >= 4 is 0 Å². The molecule has 0 radical (unpaired) electrons. The van der Waals surface area contributed by atoms with Crippen molar-refractivity contribution in [2.75, 3.05) is 13.2 Å². The van der Waals surface area contributed by atoms with Crippen molar-refractivity contribution in [1.82, 2.24) is 0 Å². The third-order valence-corrected chi connectivity index (χ3v) is 5.71. The Morgan fingerprint density at radius 3 is 1.84 bits per heavy atom. The van der Waals surface area contributed by atoms with E-state index in [1.807, 2.05) is 19.1 Å². The first-order valence-electron chi connectivity index (χ1n) is 11.8. The van der Waals surface area contributed by atoms with Crippen molar-refractivity contribution in [2.24, 2.45) is 0 Å². The van der Waals surface area contributed by atoms with Crippen molar-refractivity contribution in [2.45, 2.75) is 59.0 Å². The van der Waals surface area contributed by atoms with Gasteiger partial charge in [0.05, 0.1) is 12.7 Å². The summed E-state index contributed by atoms with van der Waals surface area (Å²) < 4.78 is 11.7. The van der Waals surface area contributed by atoms with Crippen LogP contribution in [0, 0.1) is 0 Å². The summed E-state index contributed by atoms with van der Waals surface area (Å²) in [5.74, 6) is 0.910. The van der Waals surface area contributed by atoms with Gasteiger partial charge in [0, 0.05) is 6.61 Å². The molecule has 0 bridgehead atoms. The van der Waals surface area contributed by atoms with Gasteiger partial charge in [0.1, 0.15) is 5.75 Å². The first-order valence-corrected chi connectivity index (χ1v) is 11.8. The monoisotopic (exact) mass is 416 g/mol. The van der Waals surface area contributed by atoms with Gasteiger partial charge in [-0.1, -0.05) is 93.3 Å². The van der Waals surface area contributed by atoms with Gasteiger partial charge in [0.25, 0.3) is 0 Å². The van der Waals surface area contributed by atoms with Gasteiger partial charge in [-0.3, -0.25) is 0 Å². The van der Waals surface area contributed by atoms with Gasteiger partial charge < -0.3 is 9.47 Å². The lowest BCUT2D eigenvalue weighted by atomic mass is 9.94. The quantitative estimate of drug-likeness (QED) is 0.276. The molecule has 0 spiro atoms. The third kappa shape index (κ3) is 6.70. The van der Waals surface area contributed by atoms with Crippen LogP contribution in [0.25, 0.3) is 22.3 Å². The highest BCUT2D eigenvalue weighted by atomic mass is 16.5. The highest BCUT2D eigenvalue weighted by Crippen LogP contribution is 2.33. The van der Waals surface area contributed by atoms with Crippen molar-refractivity contribution < 1.29 is 9.47 Å². The molecule has 0 saturated carbocycles. The molecule has 0 amide bonds. The van der Waals surface area contributed by atoms with Crippen molar-refractivity contribution in [1.29, 1.82) is 0 Å². The largest absolute Gasteiger partial charge is 0.494 e. The van der Waals surface area contributed by atoms with Crippen LogP contribution in [0.3, 0.4) is 0 Å². The fraction of sp³-hybridized carbons (Fsp3) is 0.379. The number of hydrogen-bond acceptors (Lipinski definition) is 2. The van der Waals surface area contributed by atoms with E-state index in [1.165, 1.54) is 53.5 Å². The van der Waals surface area contributed by atoms with Crippen LogP contribution >= 0.6 is 0 Å². The second-order valence-corrected chi connectivity index (χ2v) is 8.05. The Kier molecular flexibility index (Phi) is 9.17. The Morgan fingerprint density at radius 2 is 1.26 bits per heavy atom. The van der Waals surface area contributed by atoms with Gasteiger partial charge >= 0.3 is 0 Å². The first kappa shape index (κ1) is 23.1. The summed E-state index contributed by atoms with van der Waals surface area (Å²) in [7, 11) is 0. The molecule has 0 saturated heterocycles. The molecule has 0 aliphatic carbocycles. The molecular formula is C29H36O2. The lowest BCUT2D eigenvalue weighted by Crippen LogP contribution is -2.01. The molecule has 3 aromatic carbocycles. The van der Waals surface area contributed by atoms with Crippen molar-refractivity contribution in [3.05, 3.63) is 78.4 Å². The van der Waals surface area contributed by atoms with Crippen LogP contribution in [0.4, 0.5) is 0 Å². The van der Waals surface area contributed by atoms with Crippen LogP contribution in [0.15, 0.2) is 72.8 Å². The maximum Gasteiger partial charge on any atom is 0.119 e. The number of benzene rings is 3. The minimum atomic E-state index is 0.126. The lowest BCUT2D eigenvalue weighted by molar-refractivity contribution is 0.0627. The summed E-state index contributed by atoms with van der Waals surface area (Å²) in [4.78, 5) is 0. The van der Waals surface area contributed by atoms with Gasteiger partial charge in [0.2, 0.25) is 0 Å². The average Bonchev–Trinajstić information content (AvgIpc) is 2.82. The zero-order valence-corrected chi connectivity index (χ0v) is 19.3. The molecule has 0 heterocycles. The van der Waals surface area contributed by atoms with E-state index in [2.05, 4.69) is 74.5 Å². The lowest BCUT2D eigenvalue weighted by Gasteiger charge is -2.15. The average molecular weight is 417 g/mol. The Balaban J connectivity index is 1.67. The predicted molar refractivity (Wildman–Crippen MR) is 132 cm³/mol. The Morgan fingerprint density at radius 1 is 0.677 bits per heavy atom. The van der Waals surface area contributed by atoms with Gasteiger partial charge in [-0.25, -0.2) is 0 Å². The maximum atomic E-state index is 6.07. The van der Waals surface area contributed by atoms with E-state index < -0.39 is 0 Å². The zero-order chi connectivity index (χ0) is 21.9. The SMILES string of the molecule is CCCCCCCOC(C)c1ccc(-c2ccccc2-c2ccc(OCC)cc2)cc1. The van der Waals surface area contributed by atoms with Crippen LogP contribution in [-0.2, 0) is 4.74 Å². The van der Waals surface area contributed by atoms with E-state index in [9.17, 15) is 0 Å². The van der Waals surface area contributed by atoms with E-state index in [0.29, 0.717) is 6.61 Å². The van der Waals surface area contributed by atoms with Crippen molar-refractivity contribution in [3.63, 3.8) is 0 Å². The van der Waals surface area contributed by atoms with E-state index in [0.717, 1.165) is 18.8 Å². The van der Waals surface area contributed by atoms with Crippen LogP contribution in [0.2, 0.25) is 0 Å². The molecule has 1 atom stereocenters. The molecule has 0 aliphatic rings. The predicted octanol–water partition coefficient (Wildman–Crippen LogP) is 8.47. The molecule has 1 unspecified atom stereocenters. The van der Waals surface area contributed by atoms with Gasteiger partial charge in [-0.15, -0.1) is 0 Å². The summed E-state index contributed by atoms with van der Waals surface area (Å²) in [6.45, 7) is 7.93. The second-order valence-electron chi connectivity index (χ2n) is 8.05. The number of unbranched alkanes of at least 4 members (excludes halogenated alkanes) is 4. The summed E-state index contributed by atoms with van der Waals surface area (Å²) in [6.07, 6.45) is 6.47. The van der Waals surface area contributed by atoms with Crippen molar-refractivity contribution in [3.8, 4) is 28.0 Å². The molecule has 31 heavy (non-hydrogen) atoms. The van der Waals surface area contributed by atoms with E-state index >= 15 is 0 Å². The minimum Gasteiger partial charge on any atom is -0.494 e. The smallest absolute Gasteiger partial charge is 0.119 e. The molecule has 3 aromatic rings. The molecule has 3 rings (SSSR count). The van der Waals surface area contributed by atoms with E-state index in [-0.39, 0.29) is 6.10 Å². The van der Waals surface area contributed by atoms with E-state index in [1.54, 1.807) is 0 Å². The molecule has 0 aromatic heterocycles. The summed E-state index contributed by atoms with van der Waals surface area (Å²) in [6, 6.07) is 25.8. The second kappa shape index (κ2) is 12.3. The molecule has 0 fully saturated rings. The van der Waals surface area contributed by atoms with Gasteiger partial charge in [-0.05, 0) is 60.2 Å². The minimum absolute atomic E-state index is 0.126. The van der Waals surface area contributed by atoms with Gasteiger partial charge in [0.15, 0.2) is 0 Å². The first-order chi connectivity index (χ1) is 15.2. The molecule has 2 nitrogen and oxygen atoms in total. The fourth-order valence-corrected chi connectivity index (χ4v) is 3.88. The standard InChI is InChI=1S/C29H36O2/c1-4-6-7-8-11-22-31-23(3)24-14-16-25(17-15-24)28-12-9-10-13-29(28)26-18-20-27(21-19-26)30-5-2/h9-10,12-21,23H,4-8,11,22H2,1-3H3. The Bertz CT molecular complexity index is 897. The number of ether oxygens (including phenoxy) is 2. The molecular weight excluding hydrogens is 380 g/mol. The number of rotatable bonds is 12. The molecule has 0 N–H and O–H groups in total. The molecule has 0 aliphatic heterocycles. The molecule has 164 valence electrons. The fourth-order valence-electron chi connectivity index (χ4n) is 3.88. The topological polar surface area (TPSA) is 18.5 Å². The zero-order valence-electron chi connectivity index (χ0n) is 19.3. The van der Waals surface area contributed by atoms with Crippen LogP contribution < -0.4 is 4.74 Å². The summed E-state index contributed by atoms with van der Waals surface area (Å²) in [5, 5.41) is 0.